The molecule has 0 amide bonds. The lowest BCUT2D eigenvalue weighted by atomic mass is 9.77. The largest absolute Gasteiger partial charge is 0.489 e. The van der Waals surface area contributed by atoms with Crippen LogP contribution in [0.4, 0.5) is 5.69 Å². The topological polar surface area (TPSA) is 30.5 Å². The summed E-state index contributed by atoms with van der Waals surface area (Å²) in [6.45, 7) is 3.91. The zero-order chi connectivity index (χ0) is 18.6. The van der Waals surface area contributed by atoms with Gasteiger partial charge in [0.05, 0.1) is 18.3 Å². The van der Waals surface area contributed by atoms with Gasteiger partial charge in [0, 0.05) is 17.4 Å². The minimum absolute atomic E-state index is 0.296. The summed E-state index contributed by atoms with van der Waals surface area (Å²) < 4.78 is 11.5. The van der Waals surface area contributed by atoms with Crippen LogP contribution in [0.3, 0.4) is 0 Å². The number of para-hydroxylation sites is 1. The molecule has 1 N–H and O–H groups in total. The number of nitrogens with one attached hydrogen (secondary N) is 1. The van der Waals surface area contributed by atoms with E-state index in [9.17, 15) is 0 Å². The van der Waals surface area contributed by atoms with Crippen molar-refractivity contribution in [2.75, 3.05) is 31.4 Å². The molecule has 27 heavy (non-hydrogen) atoms. The van der Waals surface area contributed by atoms with E-state index in [0.29, 0.717) is 31.1 Å². The van der Waals surface area contributed by atoms with E-state index < -0.39 is 0 Å². The summed E-state index contributed by atoms with van der Waals surface area (Å²) in [4.78, 5) is 1.30. The fourth-order valence-electron chi connectivity index (χ4n) is 4.21. The Morgan fingerprint density at radius 2 is 1.96 bits per heavy atom. The molecule has 0 radical (unpaired) electrons. The maximum Gasteiger partial charge on any atom is 0.142 e. The average molecular weight is 382 g/mol. The van der Waals surface area contributed by atoms with Gasteiger partial charge in [-0.05, 0) is 54.8 Å². The van der Waals surface area contributed by atoms with E-state index in [0.717, 1.165) is 24.5 Å². The van der Waals surface area contributed by atoms with E-state index in [1.165, 1.54) is 16.0 Å². The van der Waals surface area contributed by atoms with Crippen LogP contribution in [-0.2, 0) is 4.74 Å². The first-order valence-corrected chi connectivity index (χ1v) is 10.9. The molecule has 1 aliphatic carbocycles. The van der Waals surface area contributed by atoms with Gasteiger partial charge < -0.3 is 14.8 Å². The van der Waals surface area contributed by atoms with Crippen molar-refractivity contribution >= 4 is 17.4 Å². The van der Waals surface area contributed by atoms with Crippen LogP contribution >= 0.6 is 11.8 Å². The van der Waals surface area contributed by atoms with Crippen molar-refractivity contribution < 1.29 is 9.47 Å². The van der Waals surface area contributed by atoms with Crippen LogP contribution in [0.25, 0.3) is 0 Å². The summed E-state index contributed by atoms with van der Waals surface area (Å²) in [5, 5.41) is 3.82. The molecular weight excluding hydrogens is 354 g/mol. The summed E-state index contributed by atoms with van der Waals surface area (Å²) in [6, 6.07) is 15.7. The van der Waals surface area contributed by atoms with Crippen LogP contribution in [0.15, 0.2) is 59.5 Å². The van der Waals surface area contributed by atoms with Crippen molar-refractivity contribution in [1.82, 2.24) is 0 Å². The number of rotatable bonds is 7. The predicted octanol–water partition coefficient (Wildman–Crippen LogP) is 5.65. The van der Waals surface area contributed by atoms with Gasteiger partial charge in [-0.25, -0.2) is 0 Å². The number of hydrogen-bond donors (Lipinski definition) is 1. The second-order valence-electron chi connectivity index (χ2n) is 7.01. The number of fused-ring (bicyclic) bond motifs is 3. The number of benzene rings is 2. The van der Waals surface area contributed by atoms with Crippen molar-refractivity contribution in [1.29, 1.82) is 0 Å². The molecule has 2 aromatic carbocycles. The zero-order valence-corrected chi connectivity index (χ0v) is 16.8. The van der Waals surface area contributed by atoms with Crippen LogP contribution < -0.4 is 10.1 Å². The van der Waals surface area contributed by atoms with Crippen LogP contribution in [0.1, 0.15) is 36.4 Å². The SMILES string of the molecule is CCOCCOc1cccc2c1NC(c1ccc(SC)cc1)C1CC=CC21. The number of hydrogen-bond acceptors (Lipinski definition) is 4. The number of anilines is 1. The zero-order valence-electron chi connectivity index (χ0n) is 16.0. The van der Waals surface area contributed by atoms with E-state index in [1.54, 1.807) is 11.8 Å². The first-order chi connectivity index (χ1) is 13.3. The van der Waals surface area contributed by atoms with Crippen molar-refractivity contribution in [2.24, 2.45) is 5.92 Å². The molecule has 1 aliphatic heterocycles. The number of allylic oxidation sites excluding steroid dienone is 2. The Balaban J connectivity index is 1.63. The van der Waals surface area contributed by atoms with Gasteiger partial charge in [-0.3, -0.25) is 0 Å². The van der Waals surface area contributed by atoms with E-state index in [-0.39, 0.29) is 0 Å². The fourth-order valence-corrected chi connectivity index (χ4v) is 4.62. The van der Waals surface area contributed by atoms with Crippen molar-refractivity contribution in [2.45, 2.75) is 30.2 Å². The molecule has 0 saturated carbocycles. The Morgan fingerprint density at radius 1 is 1.11 bits per heavy atom. The standard InChI is InChI=1S/C23H27NO2S/c1-3-25-14-15-26-21-9-5-8-20-18-6-4-7-19(18)22(24-23(20)21)16-10-12-17(27-2)13-11-16/h4-6,8-13,18-19,22,24H,3,7,14-15H2,1-2H3. The molecule has 0 fully saturated rings. The van der Waals surface area contributed by atoms with Gasteiger partial charge >= 0.3 is 0 Å². The van der Waals surface area contributed by atoms with Crippen LogP contribution in [0, 0.1) is 5.92 Å². The lowest BCUT2D eigenvalue weighted by Crippen LogP contribution is -2.29. The van der Waals surface area contributed by atoms with Gasteiger partial charge in [-0.15, -0.1) is 11.8 Å². The third-order valence-electron chi connectivity index (χ3n) is 5.52. The molecule has 2 aromatic rings. The highest BCUT2D eigenvalue weighted by atomic mass is 32.2. The van der Waals surface area contributed by atoms with Gasteiger partial charge in [-0.1, -0.05) is 36.4 Å². The van der Waals surface area contributed by atoms with E-state index >= 15 is 0 Å². The highest BCUT2D eigenvalue weighted by molar-refractivity contribution is 7.98. The molecular formula is C23H27NO2S. The van der Waals surface area contributed by atoms with Gasteiger partial charge in [0.15, 0.2) is 0 Å². The normalized spacial score (nSPS) is 22.8. The lowest BCUT2D eigenvalue weighted by Gasteiger charge is -2.38. The Bertz CT molecular complexity index is 803. The van der Waals surface area contributed by atoms with Crippen molar-refractivity contribution in [3.8, 4) is 5.75 Å². The summed E-state index contributed by atoms with van der Waals surface area (Å²) in [5.41, 5.74) is 3.83. The monoisotopic (exact) mass is 381 g/mol. The second kappa shape index (κ2) is 8.41. The summed E-state index contributed by atoms with van der Waals surface area (Å²) in [6.07, 6.45) is 7.93. The average Bonchev–Trinajstić information content (AvgIpc) is 3.21. The van der Waals surface area contributed by atoms with Crippen molar-refractivity contribution in [3.63, 3.8) is 0 Å². The number of thioether (sulfide) groups is 1. The molecule has 142 valence electrons. The van der Waals surface area contributed by atoms with Crippen molar-refractivity contribution in [3.05, 3.63) is 65.7 Å². The molecule has 0 saturated heterocycles. The maximum atomic E-state index is 6.06. The first kappa shape index (κ1) is 18.5. The molecule has 3 unspecified atom stereocenters. The quantitative estimate of drug-likeness (QED) is 0.381. The van der Waals surface area contributed by atoms with E-state index in [1.807, 2.05) is 6.92 Å². The van der Waals surface area contributed by atoms with Crippen LogP contribution in [0.5, 0.6) is 5.75 Å². The van der Waals surface area contributed by atoms with Gasteiger partial charge in [0.1, 0.15) is 12.4 Å². The second-order valence-corrected chi connectivity index (χ2v) is 7.89. The Labute approximate surface area is 166 Å². The molecule has 0 bridgehead atoms. The highest BCUT2D eigenvalue weighted by Gasteiger charge is 2.38. The Morgan fingerprint density at radius 3 is 2.74 bits per heavy atom. The molecule has 2 aliphatic rings. The van der Waals surface area contributed by atoms with Gasteiger partial charge in [-0.2, -0.15) is 0 Å². The Kier molecular flexibility index (Phi) is 5.74. The molecule has 3 atom stereocenters. The minimum Gasteiger partial charge on any atom is -0.489 e. The smallest absolute Gasteiger partial charge is 0.142 e. The van der Waals surface area contributed by atoms with Gasteiger partial charge in [0.2, 0.25) is 0 Å². The molecule has 0 spiro atoms. The van der Waals surface area contributed by atoms with E-state index in [2.05, 4.69) is 66.2 Å². The molecule has 0 aromatic heterocycles. The molecule has 4 rings (SSSR count). The molecule has 1 heterocycles. The van der Waals surface area contributed by atoms with Crippen LogP contribution in [0.2, 0.25) is 0 Å². The third-order valence-corrected chi connectivity index (χ3v) is 6.27. The lowest BCUT2D eigenvalue weighted by molar-refractivity contribution is 0.110. The first-order valence-electron chi connectivity index (χ1n) is 9.72. The van der Waals surface area contributed by atoms with E-state index in [4.69, 9.17) is 9.47 Å². The summed E-state index contributed by atoms with van der Waals surface area (Å²) in [7, 11) is 0. The predicted molar refractivity (Wildman–Crippen MR) is 113 cm³/mol. The maximum absolute atomic E-state index is 6.06. The van der Waals surface area contributed by atoms with Gasteiger partial charge in [0.25, 0.3) is 0 Å². The van der Waals surface area contributed by atoms with Crippen LogP contribution in [-0.4, -0.2) is 26.1 Å². The molecule has 3 nitrogen and oxygen atoms in total. The fraction of sp³-hybridized carbons (Fsp3) is 0.391. The Hall–Kier alpha value is -1.91. The number of ether oxygens (including phenoxy) is 2. The minimum atomic E-state index is 0.296. The third kappa shape index (κ3) is 3.74. The highest BCUT2D eigenvalue weighted by Crippen LogP contribution is 2.52. The summed E-state index contributed by atoms with van der Waals surface area (Å²) in [5.74, 6) is 1.93. The summed E-state index contributed by atoms with van der Waals surface area (Å²) >= 11 is 1.78. The molecule has 4 heteroatoms.